The summed E-state index contributed by atoms with van der Waals surface area (Å²) in [6.45, 7) is 3.99. The van der Waals surface area contributed by atoms with E-state index in [0.717, 1.165) is 43.6 Å². The van der Waals surface area contributed by atoms with E-state index in [2.05, 4.69) is 21.9 Å². The number of aromatic nitrogens is 2. The second-order valence-electron chi connectivity index (χ2n) is 6.93. The molecule has 2 aliphatic rings. The molecule has 1 N–H and O–H groups in total. The Balaban J connectivity index is 1.56. The molecule has 2 saturated heterocycles. The van der Waals surface area contributed by atoms with Crippen LogP contribution in [-0.4, -0.2) is 58.9 Å². The van der Waals surface area contributed by atoms with E-state index in [1.54, 1.807) is 0 Å². The van der Waals surface area contributed by atoms with Crippen molar-refractivity contribution in [3.8, 4) is 0 Å². The van der Waals surface area contributed by atoms with Gasteiger partial charge in [0.15, 0.2) is 0 Å². The minimum absolute atomic E-state index is 0.0742. The monoisotopic (exact) mass is 298 g/mol. The Hall–Kier alpha value is -1.88. The first-order chi connectivity index (χ1) is 10.7. The summed E-state index contributed by atoms with van der Waals surface area (Å²) in [5, 5.41) is 1.05. The average Bonchev–Trinajstić information content (AvgIpc) is 3.13. The summed E-state index contributed by atoms with van der Waals surface area (Å²) >= 11 is 0. The molecule has 0 aromatic carbocycles. The minimum Gasteiger partial charge on any atom is -0.346 e. The van der Waals surface area contributed by atoms with Crippen LogP contribution < -0.4 is 0 Å². The Morgan fingerprint density at radius 3 is 2.95 bits per heavy atom. The summed E-state index contributed by atoms with van der Waals surface area (Å²) in [4.78, 5) is 24.8. The fourth-order valence-corrected chi connectivity index (χ4v) is 4.08. The third kappa shape index (κ3) is 2.29. The van der Waals surface area contributed by atoms with E-state index >= 15 is 0 Å². The van der Waals surface area contributed by atoms with Crippen molar-refractivity contribution in [3.63, 3.8) is 0 Å². The van der Waals surface area contributed by atoms with Crippen LogP contribution in [-0.2, 0) is 0 Å². The summed E-state index contributed by atoms with van der Waals surface area (Å²) in [6, 6.07) is 5.79. The Kier molecular flexibility index (Phi) is 3.18. The molecule has 1 spiro atoms. The number of H-pyrrole nitrogens is 1. The molecule has 0 aliphatic carbocycles. The Morgan fingerprint density at radius 1 is 1.23 bits per heavy atom. The maximum atomic E-state index is 12.8. The van der Waals surface area contributed by atoms with E-state index < -0.39 is 0 Å². The molecule has 2 aliphatic heterocycles. The van der Waals surface area contributed by atoms with Crippen LogP contribution in [0.5, 0.6) is 0 Å². The van der Waals surface area contributed by atoms with Crippen LogP contribution in [0.25, 0.3) is 11.0 Å². The van der Waals surface area contributed by atoms with Crippen LogP contribution in [0.15, 0.2) is 24.4 Å². The molecule has 1 unspecified atom stereocenters. The highest BCUT2D eigenvalue weighted by Crippen LogP contribution is 2.38. The van der Waals surface area contributed by atoms with E-state index in [9.17, 15) is 4.79 Å². The molecule has 0 saturated carbocycles. The number of pyridine rings is 1. The zero-order valence-electron chi connectivity index (χ0n) is 13.0. The standard InChI is InChI=1S/C17H22N4O/c1-20-10-7-17(11-20)6-2-9-21(12-17)16(22)14-4-3-13-5-8-18-15(13)19-14/h3-5,8H,2,6-7,9-12H2,1H3,(H,18,19). The lowest BCUT2D eigenvalue weighted by Crippen LogP contribution is -2.47. The number of aromatic amines is 1. The topological polar surface area (TPSA) is 52.2 Å². The second-order valence-corrected chi connectivity index (χ2v) is 6.93. The number of fused-ring (bicyclic) bond motifs is 1. The van der Waals surface area contributed by atoms with E-state index in [1.807, 2.05) is 29.3 Å². The number of rotatable bonds is 1. The lowest BCUT2D eigenvalue weighted by atomic mass is 9.79. The number of likely N-dealkylation sites (tertiary alicyclic amines) is 2. The fourth-order valence-electron chi connectivity index (χ4n) is 4.08. The van der Waals surface area contributed by atoms with Crippen molar-refractivity contribution in [2.75, 3.05) is 33.2 Å². The van der Waals surface area contributed by atoms with Gasteiger partial charge in [-0.05, 0) is 51.1 Å². The van der Waals surface area contributed by atoms with Crippen molar-refractivity contribution in [1.29, 1.82) is 0 Å². The molecule has 0 bridgehead atoms. The number of carbonyl (C=O) groups excluding carboxylic acids is 1. The van der Waals surface area contributed by atoms with Gasteiger partial charge in [-0.2, -0.15) is 0 Å². The lowest BCUT2D eigenvalue weighted by Gasteiger charge is -2.40. The smallest absolute Gasteiger partial charge is 0.272 e. The van der Waals surface area contributed by atoms with Crippen molar-refractivity contribution >= 4 is 16.9 Å². The van der Waals surface area contributed by atoms with Gasteiger partial charge in [-0.1, -0.05) is 0 Å². The molecule has 0 radical (unpaired) electrons. The summed E-state index contributed by atoms with van der Waals surface area (Å²) in [5.74, 6) is 0.0742. The van der Waals surface area contributed by atoms with Crippen molar-refractivity contribution in [3.05, 3.63) is 30.1 Å². The summed E-state index contributed by atoms with van der Waals surface area (Å²) in [7, 11) is 2.18. The van der Waals surface area contributed by atoms with E-state index in [1.165, 1.54) is 12.8 Å². The summed E-state index contributed by atoms with van der Waals surface area (Å²) < 4.78 is 0. The molecular weight excluding hydrogens is 276 g/mol. The van der Waals surface area contributed by atoms with Crippen LogP contribution in [0.1, 0.15) is 29.8 Å². The van der Waals surface area contributed by atoms with Crippen LogP contribution in [0.2, 0.25) is 0 Å². The number of hydrogen-bond acceptors (Lipinski definition) is 3. The molecule has 2 aromatic rings. The molecule has 116 valence electrons. The molecule has 5 nitrogen and oxygen atoms in total. The molecule has 22 heavy (non-hydrogen) atoms. The molecule has 4 rings (SSSR count). The van der Waals surface area contributed by atoms with Crippen molar-refractivity contribution < 1.29 is 4.79 Å². The van der Waals surface area contributed by atoms with Gasteiger partial charge in [0.05, 0.1) is 0 Å². The van der Waals surface area contributed by atoms with Gasteiger partial charge in [0.1, 0.15) is 11.3 Å². The maximum absolute atomic E-state index is 12.8. The van der Waals surface area contributed by atoms with Crippen molar-refractivity contribution in [2.24, 2.45) is 5.41 Å². The van der Waals surface area contributed by atoms with Crippen molar-refractivity contribution in [1.82, 2.24) is 19.8 Å². The van der Waals surface area contributed by atoms with Gasteiger partial charge < -0.3 is 14.8 Å². The van der Waals surface area contributed by atoms with Crippen LogP contribution in [0.4, 0.5) is 0 Å². The summed E-state index contributed by atoms with van der Waals surface area (Å²) in [6.07, 6.45) is 5.40. The predicted molar refractivity (Wildman–Crippen MR) is 85.8 cm³/mol. The zero-order chi connectivity index (χ0) is 15.2. The third-order valence-corrected chi connectivity index (χ3v) is 5.21. The predicted octanol–water partition coefficient (Wildman–Crippen LogP) is 2.12. The van der Waals surface area contributed by atoms with Gasteiger partial charge in [-0.3, -0.25) is 4.79 Å². The minimum atomic E-state index is 0.0742. The quantitative estimate of drug-likeness (QED) is 0.877. The fraction of sp³-hybridized carbons (Fsp3) is 0.529. The lowest BCUT2D eigenvalue weighted by molar-refractivity contribution is 0.0529. The summed E-state index contributed by atoms with van der Waals surface area (Å²) in [5.41, 5.74) is 1.65. The van der Waals surface area contributed by atoms with Crippen LogP contribution in [0, 0.1) is 5.41 Å². The SMILES string of the molecule is CN1CCC2(CCCN(C(=O)c3ccc4cc[nH]c4n3)C2)C1. The van der Waals surface area contributed by atoms with E-state index in [4.69, 9.17) is 0 Å². The Labute approximate surface area is 130 Å². The Morgan fingerprint density at radius 2 is 2.14 bits per heavy atom. The number of amides is 1. The Bertz CT molecular complexity index is 706. The van der Waals surface area contributed by atoms with E-state index in [-0.39, 0.29) is 5.91 Å². The number of piperidine rings is 1. The van der Waals surface area contributed by atoms with Gasteiger partial charge in [-0.25, -0.2) is 4.98 Å². The van der Waals surface area contributed by atoms with Crippen LogP contribution in [0.3, 0.4) is 0 Å². The number of hydrogen-bond donors (Lipinski definition) is 1. The van der Waals surface area contributed by atoms with Gasteiger partial charge in [0, 0.05) is 36.6 Å². The van der Waals surface area contributed by atoms with Gasteiger partial charge in [0.25, 0.3) is 5.91 Å². The molecule has 5 heteroatoms. The largest absolute Gasteiger partial charge is 0.346 e. The molecule has 1 amide bonds. The average molecular weight is 298 g/mol. The molecular formula is C17H22N4O. The maximum Gasteiger partial charge on any atom is 0.272 e. The first-order valence-electron chi connectivity index (χ1n) is 8.07. The highest BCUT2D eigenvalue weighted by Gasteiger charge is 2.41. The molecule has 2 aromatic heterocycles. The molecule has 1 atom stereocenters. The highest BCUT2D eigenvalue weighted by atomic mass is 16.2. The van der Waals surface area contributed by atoms with Crippen molar-refractivity contribution in [2.45, 2.75) is 19.3 Å². The van der Waals surface area contributed by atoms with E-state index in [0.29, 0.717) is 11.1 Å². The molecule has 2 fully saturated rings. The van der Waals surface area contributed by atoms with Gasteiger partial charge >= 0.3 is 0 Å². The normalized spacial score (nSPS) is 26.1. The molecule has 4 heterocycles. The highest BCUT2D eigenvalue weighted by molar-refractivity contribution is 5.94. The van der Waals surface area contributed by atoms with Gasteiger partial charge in [-0.15, -0.1) is 0 Å². The number of nitrogens with zero attached hydrogens (tertiary/aromatic N) is 3. The van der Waals surface area contributed by atoms with Crippen LogP contribution >= 0.6 is 0 Å². The second kappa shape index (κ2) is 5.09. The zero-order valence-corrected chi connectivity index (χ0v) is 13.0. The number of carbonyl (C=O) groups is 1. The third-order valence-electron chi connectivity index (χ3n) is 5.21. The number of nitrogens with one attached hydrogen (secondary N) is 1. The first-order valence-corrected chi connectivity index (χ1v) is 8.07. The van der Waals surface area contributed by atoms with Gasteiger partial charge in [0.2, 0.25) is 0 Å². The first kappa shape index (κ1) is 13.8.